The lowest BCUT2D eigenvalue weighted by atomic mass is 10.1. The number of hydrogen-bond donors (Lipinski definition) is 3. The summed E-state index contributed by atoms with van der Waals surface area (Å²) in [7, 11) is 0. The minimum absolute atomic E-state index is 0.196. The molecule has 0 saturated carbocycles. The molecule has 0 aromatic rings. The van der Waals surface area contributed by atoms with Crippen molar-refractivity contribution in [3.63, 3.8) is 0 Å². The minimum atomic E-state index is -1.40. The van der Waals surface area contributed by atoms with Crippen LogP contribution in [0.15, 0.2) is 11.1 Å². The molecule has 1 amide bonds. The Morgan fingerprint density at radius 1 is 1.50 bits per heavy atom. The van der Waals surface area contributed by atoms with Gasteiger partial charge in [0.1, 0.15) is 18.8 Å². The third-order valence-electron chi connectivity index (χ3n) is 2.16. The number of amides is 1. The van der Waals surface area contributed by atoms with Crippen LogP contribution in [0.4, 0.5) is 4.79 Å². The van der Waals surface area contributed by atoms with Crippen LogP contribution in [0.2, 0.25) is 0 Å². The molecular weight excluding hydrogens is 190 g/mol. The first-order valence-electron chi connectivity index (χ1n) is 3.96. The van der Waals surface area contributed by atoms with E-state index in [1.54, 1.807) is 0 Å². The van der Waals surface area contributed by atoms with E-state index in [0.29, 0.717) is 5.57 Å². The average molecular weight is 201 g/mol. The molecule has 0 heterocycles. The van der Waals surface area contributed by atoms with Gasteiger partial charge in [-0.15, -0.1) is 0 Å². The molecule has 0 radical (unpaired) electrons. The molecule has 1 aliphatic rings. The van der Waals surface area contributed by atoms with Crippen LogP contribution >= 0.6 is 0 Å². The summed E-state index contributed by atoms with van der Waals surface area (Å²) in [6, 6.07) is 0. The fraction of sp³-hybridized carbons (Fsp3) is 0.500. The Labute approximate surface area is 80.0 Å². The average Bonchev–Trinajstić information content (AvgIpc) is 2.29. The van der Waals surface area contributed by atoms with Crippen molar-refractivity contribution in [2.75, 3.05) is 6.61 Å². The van der Waals surface area contributed by atoms with E-state index in [9.17, 15) is 19.8 Å². The van der Waals surface area contributed by atoms with Gasteiger partial charge in [-0.2, -0.15) is 0 Å². The molecule has 1 rings (SSSR count). The summed E-state index contributed by atoms with van der Waals surface area (Å²) in [6.07, 6.45) is -3.70. The third kappa shape index (κ3) is 1.75. The summed E-state index contributed by atoms with van der Waals surface area (Å²) in [5, 5.41) is 18.5. The van der Waals surface area contributed by atoms with E-state index in [0.717, 1.165) is 0 Å². The van der Waals surface area contributed by atoms with Gasteiger partial charge in [-0.05, 0) is 12.5 Å². The fourth-order valence-electron chi connectivity index (χ4n) is 1.27. The largest absolute Gasteiger partial charge is 0.445 e. The summed E-state index contributed by atoms with van der Waals surface area (Å²) in [6.45, 7) is 1.21. The van der Waals surface area contributed by atoms with Crippen LogP contribution in [0.3, 0.4) is 0 Å². The maximum Gasteiger partial charge on any atom is 0.404 e. The normalized spacial score (nSPS) is 26.9. The predicted molar refractivity (Wildman–Crippen MR) is 45.3 cm³/mol. The van der Waals surface area contributed by atoms with Gasteiger partial charge in [0.15, 0.2) is 5.78 Å². The van der Waals surface area contributed by atoms with Crippen molar-refractivity contribution in [2.24, 2.45) is 5.73 Å². The van der Waals surface area contributed by atoms with E-state index in [-0.39, 0.29) is 12.2 Å². The second-order valence-electron chi connectivity index (χ2n) is 3.02. The Morgan fingerprint density at radius 3 is 2.43 bits per heavy atom. The number of Topliss-reactive ketones (excluding diaryl/α,β-unsaturated/α-hetero) is 1. The number of ether oxygens (including phenoxy) is 1. The van der Waals surface area contributed by atoms with Crippen LogP contribution < -0.4 is 5.73 Å². The van der Waals surface area contributed by atoms with Crippen molar-refractivity contribution in [1.29, 1.82) is 0 Å². The van der Waals surface area contributed by atoms with Crippen molar-refractivity contribution in [3.05, 3.63) is 11.1 Å². The van der Waals surface area contributed by atoms with Gasteiger partial charge in [-0.3, -0.25) is 4.79 Å². The van der Waals surface area contributed by atoms with Gasteiger partial charge < -0.3 is 20.7 Å². The minimum Gasteiger partial charge on any atom is -0.445 e. The first kappa shape index (κ1) is 10.7. The monoisotopic (exact) mass is 201 g/mol. The SMILES string of the molecule is CC1=C(COC(N)=O)C(O)C(=O)C1O. The molecule has 1 aliphatic carbocycles. The zero-order valence-electron chi connectivity index (χ0n) is 7.56. The molecule has 6 nitrogen and oxygen atoms in total. The first-order valence-corrected chi connectivity index (χ1v) is 3.96. The van der Waals surface area contributed by atoms with Crippen LogP contribution in [-0.2, 0) is 9.53 Å². The maximum atomic E-state index is 11.1. The Hall–Kier alpha value is -1.40. The van der Waals surface area contributed by atoms with E-state index < -0.39 is 24.1 Å². The molecule has 0 aliphatic heterocycles. The molecule has 0 spiro atoms. The van der Waals surface area contributed by atoms with Crippen LogP contribution in [0.25, 0.3) is 0 Å². The number of ketones is 1. The van der Waals surface area contributed by atoms with Crippen molar-refractivity contribution >= 4 is 11.9 Å². The molecule has 0 fully saturated rings. The van der Waals surface area contributed by atoms with Gasteiger partial charge in [0.2, 0.25) is 0 Å². The first-order chi connectivity index (χ1) is 6.45. The zero-order chi connectivity index (χ0) is 10.9. The Bertz CT molecular complexity index is 309. The highest BCUT2D eigenvalue weighted by atomic mass is 16.5. The van der Waals surface area contributed by atoms with Gasteiger partial charge in [0, 0.05) is 5.57 Å². The van der Waals surface area contributed by atoms with Crippen LogP contribution in [0.1, 0.15) is 6.92 Å². The molecule has 2 atom stereocenters. The van der Waals surface area contributed by atoms with E-state index in [1.165, 1.54) is 6.92 Å². The molecular formula is C8H11NO5. The smallest absolute Gasteiger partial charge is 0.404 e. The Balaban J connectivity index is 2.76. The zero-order valence-corrected chi connectivity index (χ0v) is 7.56. The van der Waals surface area contributed by atoms with Crippen molar-refractivity contribution in [2.45, 2.75) is 19.1 Å². The number of aliphatic hydroxyl groups excluding tert-OH is 2. The van der Waals surface area contributed by atoms with E-state index >= 15 is 0 Å². The molecule has 0 aromatic carbocycles. The lowest BCUT2D eigenvalue weighted by Gasteiger charge is -2.06. The molecule has 6 heteroatoms. The highest BCUT2D eigenvalue weighted by Crippen LogP contribution is 2.23. The number of nitrogens with two attached hydrogens (primary N) is 1. The summed E-state index contributed by atoms with van der Waals surface area (Å²) >= 11 is 0. The predicted octanol–water partition coefficient (Wildman–Crippen LogP) is -1.30. The number of carbonyl (C=O) groups excluding carboxylic acids is 2. The van der Waals surface area contributed by atoms with Gasteiger partial charge in [-0.25, -0.2) is 4.79 Å². The number of aliphatic hydroxyl groups is 2. The summed E-state index contributed by atoms with van der Waals surface area (Å²) < 4.78 is 4.42. The summed E-state index contributed by atoms with van der Waals surface area (Å²) in [5.74, 6) is -0.703. The van der Waals surface area contributed by atoms with Crippen molar-refractivity contribution in [3.8, 4) is 0 Å². The van der Waals surface area contributed by atoms with Crippen LogP contribution in [0.5, 0.6) is 0 Å². The Morgan fingerprint density at radius 2 is 2.07 bits per heavy atom. The molecule has 2 unspecified atom stereocenters. The molecule has 14 heavy (non-hydrogen) atoms. The molecule has 0 aromatic heterocycles. The van der Waals surface area contributed by atoms with E-state index in [2.05, 4.69) is 4.74 Å². The topological polar surface area (TPSA) is 110 Å². The maximum absolute atomic E-state index is 11.1. The third-order valence-corrected chi connectivity index (χ3v) is 2.16. The second-order valence-corrected chi connectivity index (χ2v) is 3.02. The highest BCUT2D eigenvalue weighted by molar-refractivity contribution is 5.96. The van der Waals surface area contributed by atoms with Gasteiger partial charge in [0.25, 0.3) is 0 Å². The van der Waals surface area contributed by atoms with Gasteiger partial charge >= 0.3 is 6.09 Å². The van der Waals surface area contributed by atoms with Crippen LogP contribution in [-0.4, -0.2) is 40.9 Å². The standard InChI is InChI=1S/C8H11NO5/c1-3-4(2-14-8(9)13)6(11)7(12)5(3)10/h5-6,10-11H,2H2,1H3,(H2,9,13). The fourth-order valence-corrected chi connectivity index (χ4v) is 1.27. The quantitative estimate of drug-likeness (QED) is 0.481. The number of carbonyl (C=O) groups is 2. The lowest BCUT2D eigenvalue weighted by molar-refractivity contribution is -0.130. The highest BCUT2D eigenvalue weighted by Gasteiger charge is 2.37. The van der Waals surface area contributed by atoms with Crippen LogP contribution in [0, 0.1) is 0 Å². The molecule has 78 valence electrons. The Kier molecular flexibility index (Phi) is 2.87. The molecule has 0 bridgehead atoms. The van der Waals surface area contributed by atoms with E-state index in [1.807, 2.05) is 0 Å². The molecule has 4 N–H and O–H groups in total. The second kappa shape index (κ2) is 3.77. The summed E-state index contributed by atoms with van der Waals surface area (Å²) in [5.41, 5.74) is 5.22. The number of primary amides is 1. The molecule has 0 saturated heterocycles. The number of hydrogen-bond acceptors (Lipinski definition) is 5. The lowest BCUT2D eigenvalue weighted by Crippen LogP contribution is -2.26. The van der Waals surface area contributed by atoms with Gasteiger partial charge in [-0.1, -0.05) is 0 Å². The summed E-state index contributed by atoms with van der Waals surface area (Å²) in [4.78, 5) is 21.3. The van der Waals surface area contributed by atoms with Crippen molar-refractivity contribution in [1.82, 2.24) is 0 Å². The number of rotatable bonds is 2. The van der Waals surface area contributed by atoms with Gasteiger partial charge in [0.05, 0.1) is 0 Å². The van der Waals surface area contributed by atoms with E-state index in [4.69, 9.17) is 5.73 Å². The van der Waals surface area contributed by atoms with Crippen molar-refractivity contribution < 1.29 is 24.5 Å².